The molecule has 5 heteroatoms. The molecule has 0 bridgehead atoms. The highest BCUT2D eigenvalue weighted by Crippen LogP contribution is 2.25. The summed E-state index contributed by atoms with van der Waals surface area (Å²) in [7, 11) is 1.62. The van der Waals surface area contributed by atoms with E-state index >= 15 is 0 Å². The van der Waals surface area contributed by atoms with Crippen molar-refractivity contribution in [2.45, 2.75) is 10.9 Å². The molecule has 144 valence electrons. The molecule has 4 rings (SSSR count). The Labute approximate surface area is 173 Å². The average molecular weight is 401 g/mol. The fourth-order valence-electron chi connectivity index (χ4n) is 3.07. The third kappa shape index (κ3) is 3.96. The fraction of sp³-hybridized carbons (Fsp3) is 0.0833. The molecule has 0 amide bonds. The summed E-state index contributed by atoms with van der Waals surface area (Å²) in [4.78, 5) is 18.0. The summed E-state index contributed by atoms with van der Waals surface area (Å²) in [5.41, 5.74) is 3.62. The SMILES string of the molecule is C=Cc1ccc(CSc2nc3ccccc3c(=O)n2-c2ccc(OC)cc2)cc1. The topological polar surface area (TPSA) is 44.1 Å². The molecular weight excluding hydrogens is 380 g/mol. The van der Waals surface area contributed by atoms with E-state index in [1.807, 2.05) is 66.7 Å². The second kappa shape index (κ2) is 8.37. The predicted molar refractivity (Wildman–Crippen MR) is 120 cm³/mol. The molecule has 4 nitrogen and oxygen atoms in total. The van der Waals surface area contributed by atoms with E-state index in [2.05, 4.69) is 18.7 Å². The largest absolute Gasteiger partial charge is 0.497 e. The van der Waals surface area contributed by atoms with E-state index < -0.39 is 0 Å². The van der Waals surface area contributed by atoms with Gasteiger partial charge < -0.3 is 4.74 Å². The summed E-state index contributed by atoms with van der Waals surface area (Å²) < 4.78 is 6.92. The van der Waals surface area contributed by atoms with Crippen molar-refractivity contribution < 1.29 is 4.74 Å². The second-order valence-electron chi connectivity index (χ2n) is 6.48. The lowest BCUT2D eigenvalue weighted by Gasteiger charge is -2.14. The minimum Gasteiger partial charge on any atom is -0.497 e. The smallest absolute Gasteiger partial charge is 0.266 e. The first-order chi connectivity index (χ1) is 14.2. The molecule has 3 aromatic carbocycles. The number of rotatable bonds is 6. The number of ether oxygens (including phenoxy) is 1. The van der Waals surface area contributed by atoms with Crippen LogP contribution in [-0.4, -0.2) is 16.7 Å². The molecule has 0 unspecified atom stereocenters. The molecule has 1 heterocycles. The van der Waals surface area contributed by atoms with Gasteiger partial charge in [0.2, 0.25) is 0 Å². The number of fused-ring (bicyclic) bond motifs is 1. The van der Waals surface area contributed by atoms with Crippen LogP contribution in [0.3, 0.4) is 0 Å². The maximum Gasteiger partial charge on any atom is 0.266 e. The molecule has 0 aliphatic heterocycles. The maximum atomic E-state index is 13.3. The van der Waals surface area contributed by atoms with E-state index in [0.717, 1.165) is 22.6 Å². The van der Waals surface area contributed by atoms with Gasteiger partial charge in [0, 0.05) is 5.75 Å². The molecule has 0 radical (unpaired) electrons. The molecule has 0 saturated carbocycles. The summed E-state index contributed by atoms with van der Waals surface area (Å²) in [5, 5.41) is 1.26. The van der Waals surface area contributed by atoms with Gasteiger partial charge in [0.1, 0.15) is 5.75 Å². The maximum absolute atomic E-state index is 13.3. The van der Waals surface area contributed by atoms with E-state index in [4.69, 9.17) is 9.72 Å². The van der Waals surface area contributed by atoms with Gasteiger partial charge in [-0.1, -0.05) is 60.8 Å². The Kier molecular flexibility index (Phi) is 5.49. The monoisotopic (exact) mass is 400 g/mol. The highest BCUT2D eigenvalue weighted by atomic mass is 32.2. The number of methoxy groups -OCH3 is 1. The van der Waals surface area contributed by atoms with Crippen molar-refractivity contribution in [2.75, 3.05) is 7.11 Å². The van der Waals surface area contributed by atoms with Crippen LogP contribution >= 0.6 is 11.8 Å². The Hall–Kier alpha value is -3.31. The number of hydrogen-bond donors (Lipinski definition) is 0. The summed E-state index contributed by atoms with van der Waals surface area (Å²) in [6.07, 6.45) is 1.82. The van der Waals surface area contributed by atoms with Crippen molar-refractivity contribution in [3.63, 3.8) is 0 Å². The fourth-order valence-corrected chi connectivity index (χ4v) is 4.03. The van der Waals surface area contributed by atoms with Crippen molar-refractivity contribution in [1.29, 1.82) is 0 Å². The zero-order valence-corrected chi connectivity index (χ0v) is 16.9. The minimum absolute atomic E-state index is 0.0785. The van der Waals surface area contributed by atoms with Crippen LogP contribution in [0, 0.1) is 0 Å². The van der Waals surface area contributed by atoms with Gasteiger partial charge in [-0.25, -0.2) is 4.98 Å². The van der Waals surface area contributed by atoms with E-state index in [0.29, 0.717) is 21.8 Å². The van der Waals surface area contributed by atoms with Crippen molar-refractivity contribution in [3.8, 4) is 11.4 Å². The lowest BCUT2D eigenvalue weighted by atomic mass is 10.1. The van der Waals surface area contributed by atoms with Crippen LogP contribution in [-0.2, 0) is 5.75 Å². The number of thioether (sulfide) groups is 1. The van der Waals surface area contributed by atoms with Gasteiger partial charge in [-0.3, -0.25) is 9.36 Å². The van der Waals surface area contributed by atoms with Crippen molar-refractivity contribution in [2.24, 2.45) is 0 Å². The molecular formula is C24H20N2O2S. The standard InChI is InChI=1S/C24H20N2O2S/c1-3-17-8-10-18(11-9-17)16-29-24-25-22-7-5-4-6-21(22)23(27)26(24)19-12-14-20(28-2)15-13-19/h3-15H,1,16H2,2H3. The average Bonchev–Trinajstić information content (AvgIpc) is 2.78. The summed E-state index contributed by atoms with van der Waals surface area (Å²) in [6.45, 7) is 3.79. The molecule has 0 aliphatic rings. The zero-order valence-electron chi connectivity index (χ0n) is 16.0. The van der Waals surface area contributed by atoms with Crippen LogP contribution < -0.4 is 10.3 Å². The van der Waals surface area contributed by atoms with Crippen LogP contribution in [0.4, 0.5) is 0 Å². The van der Waals surface area contributed by atoms with Gasteiger partial charge in [-0.15, -0.1) is 0 Å². The number of benzene rings is 3. The van der Waals surface area contributed by atoms with Gasteiger partial charge in [-0.2, -0.15) is 0 Å². The number of aromatic nitrogens is 2. The Balaban J connectivity index is 1.77. The summed E-state index contributed by atoms with van der Waals surface area (Å²) >= 11 is 1.54. The second-order valence-corrected chi connectivity index (χ2v) is 7.43. The quantitative estimate of drug-likeness (QED) is 0.324. The van der Waals surface area contributed by atoms with E-state index in [1.165, 1.54) is 0 Å². The summed E-state index contributed by atoms with van der Waals surface area (Å²) in [6, 6.07) is 23.1. The highest BCUT2D eigenvalue weighted by Gasteiger charge is 2.13. The first-order valence-electron chi connectivity index (χ1n) is 9.20. The Morgan fingerprint density at radius 2 is 1.76 bits per heavy atom. The van der Waals surface area contributed by atoms with Crippen LogP contribution in [0.1, 0.15) is 11.1 Å². The van der Waals surface area contributed by atoms with Gasteiger partial charge >= 0.3 is 0 Å². The Morgan fingerprint density at radius 1 is 1.03 bits per heavy atom. The molecule has 0 atom stereocenters. The third-order valence-electron chi connectivity index (χ3n) is 4.66. The number of nitrogens with zero attached hydrogens (tertiary/aromatic N) is 2. The lowest BCUT2D eigenvalue weighted by Crippen LogP contribution is -2.21. The van der Waals surface area contributed by atoms with Crippen LogP contribution in [0.25, 0.3) is 22.7 Å². The van der Waals surface area contributed by atoms with Crippen LogP contribution in [0.15, 0.2) is 89.3 Å². The predicted octanol–water partition coefficient (Wildman–Crippen LogP) is 5.33. The van der Waals surface area contributed by atoms with E-state index in [9.17, 15) is 4.79 Å². The van der Waals surface area contributed by atoms with E-state index in [1.54, 1.807) is 23.4 Å². The molecule has 0 aliphatic carbocycles. The highest BCUT2D eigenvalue weighted by molar-refractivity contribution is 7.98. The van der Waals surface area contributed by atoms with Crippen LogP contribution in [0.5, 0.6) is 5.75 Å². The van der Waals surface area contributed by atoms with Gasteiger partial charge in [0.05, 0.1) is 23.7 Å². The first-order valence-corrected chi connectivity index (χ1v) is 10.2. The Bertz CT molecular complexity index is 1210. The summed E-state index contributed by atoms with van der Waals surface area (Å²) in [5.74, 6) is 1.45. The number of hydrogen-bond acceptors (Lipinski definition) is 4. The zero-order chi connectivity index (χ0) is 20.2. The van der Waals surface area contributed by atoms with Gasteiger partial charge in [-0.05, 0) is 47.5 Å². The van der Waals surface area contributed by atoms with E-state index in [-0.39, 0.29) is 5.56 Å². The van der Waals surface area contributed by atoms with Crippen molar-refractivity contribution in [1.82, 2.24) is 9.55 Å². The van der Waals surface area contributed by atoms with Crippen LogP contribution in [0.2, 0.25) is 0 Å². The molecule has 29 heavy (non-hydrogen) atoms. The minimum atomic E-state index is -0.0785. The molecule has 1 aromatic heterocycles. The third-order valence-corrected chi connectivity index (χ3v) is 5.67. The van der Waals surface area contributed by atoms with Gasteiger partial charge in [0.25, 0.3) is 5.56 Å². The normalized spacial score (nSPS) is 10.8. The molecule has 0 saturated heterocycles. The molecule has 0 N–H and O–H groups in total. The molecule has 0 fully saturated rings. The number of para-hydroxylation sites is 1. The molecule has 4 aromatic rings. The molecule has 0 spiro atoms. The van der Waals surface area contributed by atoms with Crippen molar-refractivity contribution in [3.05, 3.63) is 101 Å². The Morgan fingerprint density at radius 3 is 2.45 bits per heavy atom. The van der Waals surface area contributed by atoms with Gasteiger partial charge in [0.15, 0.2) is 5.16 Å². The first kappa shape index (κ1) is 19.0. The van der Waals surface area contributed by atoms with Crippen molar-refractivity contribution >= 4 is 28.7 Å². The lowest BCUT2D eigenvalue weighted by molar-refractivity contribution is 0.414.